The Labute approximate surface area is 202 Å². The molecule has 0 atom stereocenters. The van der Waals surface area contributed by atoms with E-state index in [4.69, 9.17) is 14.6 Å². The van der Waals surface area contributed by atoms with Crippen LogP contribution in [0.5, 0.6) is 5.75 Å². The van der Waals surface area contributed by atoms with E-state index in [-0.39, 0.29) is 16.4 Å². The van der Waals surface area contributed by atoms with Crippen molar-refractivity contribution in [3.05, 3.63) is 83.9 Å². The number of primary sulfonamides is 1. The molecule has 0 aliphatic rings. The minimum Gasteiger partial charge on any atom is -0.494 e. The summed E-state index contributed by atoms with van der Waals surface area (Å²) >= 11 is 0. The molecule has 0 aliphatic carbocycles. The zero-order valence-corrected chi connectivity index (χ0v) is 19.5. The number of rotatable bonds is 9. The molecule has 2 amide bonds. The van der Waals surface area contributed by atoms with Gasteiger partial charge in [-0.05, 0) is 79.7 Å². The summed E-state index contributed by atoms with van der Waals surface area (Å²) in [6.07, 6.45) is 0. The number of carbonyl (C=O) groups is 3. The van der Waals surface area contributed by atoms with Gasteiger partial charge in [-0.2, -0.15) is 0 Å². The second-order valence-corrected chi connectivity index (χ2v) is 8.74. The maximum Gasteiger partial charge on any atom is 0.338 e. The predicted molar refractivity (Wildman–Crippen MR) is 129 cm³/mol. The van der Waals surface area contributed by atoms with Gasteiger partial charge < -0.3 is 20.1 Å². The fourth-order valence-electron chi connectivity index (χ4n) is 2.90. The van der Waals surface area contributed by atoms with Gasteiger partial charge in [-0.15, -0.1) is 0 Å². The van der Waals surface area contributed by atoms with Crippen LogP contribution < -0.4 is 20.5 Å². The number of hydrogen-bond donors (Lipinski definition) is 3. The van der Waals surface area contributed by atoms with Crippen molar-refractivity contribution in [3.8, 4) is 5.75 Å². The molecule has 0 aromatic heterocycles. The number of carbonyl (C=O) groups excluding carboxylic acids is 3. The molecular formula is C24H23N3O7S. The van der Waals surface area contributed by atoms with Gasteiger partial charge >= 0.3 is 5.97 Å². The van der Waals surface area contributed by atoms with E-state index in [2.05, 4.69) is 10.6 Å². The Morgan fingerprint density at radius 1 is 0.800 bits per heavy atom. The average molecular weight is 498 g/mol. The molecule has 0 unspecified atom stereocenters. The lowest BCUT2D eigenvalue weighted by molar-refractivity contribution is -0.119. The number of nitrogens with two attached hydrogens (primary N) is 1. The van der Waals surface area contributed by atoms with Crippen LogP contribution in [0.1, 0.15) is 27.6 Å². The first-order valence-electron chi connectivity index (χ1n) is 10.4. The van der Waals surface area contributed by atoms with Gasteiger partial charge in [-0.3, -0.25) is 9.59 Å². The molecule has 11 heteroatoms. The molecule has 4 N–H and O–H groups in total. The highest BCUT2D eigenvalue weighted by Crippen LogP contribution is 2.17. The van der Waals surface area contributed by atoms with Gasteiger partial charge in [0.25, 0.3) is 11.8 Å². The van der Waals surface area contributed by atoms with Crippen molar-refractivity contribution in [1.29, 1.82) is 0 Å². The van der Waals surface area contributed by atoms with Gasteiger partial charge in [-0.25, -0.2) is 18.4 Å². The van der Waals surface area contributed by atoms with Crippen molar-refractivity contribution in [3.63, 3.8) is 0 Å². The Kier molecular flexibility index (Phi) is 8.18. The number of benzene rings is 3. The van der Waals surface area contributed by atoms with E-state index in [9.17, 15) is 22.8 Å². The third kappa shape index (κ3) is 7.39. The van der Waals surface area contributed by atoms with Crippen molar-refractivity contribution in [2.24, 2.45) is 5.14 Å². The molecule has 0 fully saturated rings. The molecule has 10 nitrogen and oxygen atoms in total. The summed E-state index contributed by atoms with van der Waals surface area (Å²) in [7, 11) is -3.88. The fourth-order valence-corrected chi connectivity index (χ4v) is 3.42. The highest BCUT2D eigenvalue weighted by molar-refractivity contribution is 7.89. The maximum atomic E-state index is 12.4. The minimum absolute atomic E-state index is 0.0631. The molecule has 0 saturated carbocycles. The standard InChI is InChI=1S/C24H23N3O7S/c1-2-33-20-11-9-19(10-12-20)27-23(29)16-3-7-18(8-4-16)26-22(28)15-34-24(30)17-5-13-21(14-6-17)35(25,31)32/h3-14H,2,15H2,1H3,(H,26,28)(H,27,29)(H2,25,31,32). The van der Waals surface area contributed by atoms with Gasteiger partial charge in [0.15, 0.2) is 6.61 Å². The second-order valence-electron chi connectivity index (χ2n) is 7.18. The van der Waals surface area contributed by atoms with Crippen molar-refractivity contribution in [1.82, 2.24) is 0 Å². The highest BCUT2D eigenvalue weighted by atomic mass is 32.2. The quantitative estimate of drug-likeness (QED) is 0.384. The lowest BCUT2D eigenvalue weighted by Gasteiger charge is -2.09. The van der Waals surface area contributed by atoms with E-state index in [0.29, 0.717) is 29.3 Å². The van der Waals surface area contributed by atoms with E-state index >= 15 is 0 Å². The zero-order chi connectivity index (χ0) is 25.4. The van der Waals surface area contributed by atoms with Crippen LogP contribution in [-0.4, -0.2) is 39.4 Å². The molecule has 0 bridgehead atoms. The second kappa shape index (κ2) is 11.3. The van der Waals surface area contributed by atoms with E-state index in [0.717, 1.165) is 0 Å². The van der Waals surface area contributed by atoms with Crippen LogP contribution in [0.3, 0.4) is 0 Å². The lowest BCUT2D eigenvalue weighted by atomic mass is 10.2. The number of hydrogen-bond acceptors (Lipinski definition) is 7. The average Bonchev–Trinajstić information content (AvgIpc) is 2.84. The zero-order valence-electron chi connectivity index (χ0n) is 18.7. The van der Waals surface area contributed by atoms with E-state index in [1.165, 1.54) is 24.3 Å². The molecule has 3 aromatic rings. The summed E-state index contributed by atoms with van der Waals surface area (Å²) in [5.74, 6) is -1.01. The first-order chi connectivity index (χ1) is 16.7. The number of anilines is 2. The third-order valence-corrected chi connectivity index (χ3v) is 5.54. The first-order valence-corrected chi connectivity index (χ1v) is 11.9. The Morgan fingerprint density at radius 3 is 1.91 bits per heavy atom. The monoisotopic (exact) mass is 497 g/mol. The number of amides is 2. The highest BCUT2D eigenvalue weighted by Gasteiger charge is 2.13. The topological polar surface area (TPSA) is 154 Å². The summed E-state index contributed by atoms with van der Waals surface area (Å²) in [6.45, 7) is 1.87. The summed E-state index contributed by atoms with van der Waals surface area (Å²) < 4.78 is 32.8. The molecule has 0 radical (unpaired) electrons. The van der Waals surface area contributed by atoms with Crippen molar-refractivity contribution < 1.29 is 32.3 Å². The van der Waals surface area contributed by atoms with Crippen LogP contribution in [0.15, 0.2) is 77.7 Å². The third-order valence-electron chi connectivity index (χ3n) is 4.61. The van der Waals surface area contributed by atoms with E-state index in [1.807, 2.05) is 6.92 Å². The molecule has 0 spiro atoms. The molecule has 0 aliphatic heterocycles. The molecule has 3 rings (SSSR count). The van der Waals surface area contributed by atoms with Crippen LogP contribution in [0.4, 0.5) is 11.4 Å². The van der Waals surface area contributed by atoms with E-state index in [1.54, 1.807) is 48.5 Å². The van der Waals surface area contributed by atoms with Gasteiger partial charge in [0, 0.05) is 16.9 Å². The SMILES string of the molecule is CCOc1ccc(NC(=O)c2ccc(NC(=O)COC(=O)c3ccc(S(N)(=O)=O)cc3)cc2)cc1. The van der Waals surface area contributed by atoms with Gasteiger partial charge in [0.1, 0.15) is 5.75 Å². The van der Waals surface area contributed by atoms with Crippen LogP contribution in [0.2, 0.25) is 0 Å². The molecule has 0 heterocycles. The first kappa shape index (κ1) is 25.4. The fraction of sp³-hybridized carbons (Fsp3) is 0.125. The summed E-state index contributed by atoms with van der Waals surface area (Å²) in [5.41, 5.74) is 1.46. The number of sulfonamides is 1. The molecular weight excluding hydrogens is 474 g/mol. The maximum absolute atomic E-state index is 12.4. The van der Waals surface area contributed by atoms with Gasteiger partial charge in [0.2, 0.25) is 10.0 Å². The lowest BCUT2D eigenvalue weighted by Crippen LogP contribution is -2.21. The minimum atomic E-state index is -3.88. The summed E-state index contributed by atoms with van der Waals surface area (Å²) in [6, 6.07) is 17.9. The summed E-state index contributed by atoms with van der Waals surface area (Å²) in [4.78, 5) is 36.4. The van der Waals surface area contributed by atoms with E-state index < -0.39 is 28.5 Å². The van der Waals surface area contributed by atoms with Crippen LogP contribution in [-0.2, 0) is 19.6 Å². The van der Waals surface area contributed by atoms with Gasteiger partial charge in [-0.1, -0.05) is 0 Å². The van der Waals surface area contributed by atoms with Crippen LogP contribution >= 0.6 is 0 Å². The Bertz CT molecular complexity index is 1300. The van der Waals surface area contributed by atoms with Gasteiger partial charge in [0.05, 0.1) is 17.1 Å². The van der Waals surface area contributed by atoms with Crippen molar-refractivity contribution in [2.75, 3.05) is 23.8 Å². The Hall–Kier alpha value is -4.22. The number of ether oxygens (including phenoxy) is 2. The number of esters is 1. The largest absolute Gasteiger partial charge is 0.494 e. The number of nitrogens with one attached hydrogen (secondary N) is 2. The van der Waals surface area contributed by atoms with Crippen LogP contribution in [0, 0.1) is 0 Å². The van der Waals surface area contributed by atoms with Crippen molar-refractivity contribution >= 4 is 39.2 Å². The van der Waals surface area contributed by atoms with Crippen molar-refractivity contribution in [2.45, 2.75) is 11.8 Å². The summed E-state index contributed by atoms with van der Waals surface area (Å²) in [5, 5.41) is 10.3. The normalized spacial score (nSPS) is 10.8. The Balaban J connectivity index is 1.49. The molecule has 0 saturated heterocycles. The molecule has 182 valence electrons. The molecule has 3 aromatic carbocycles. The smallest absolute Gasteiger partial charge is 0.338 e. The predicted octanol–water partition coefficient (Wildman–Crippen LogP) is 2.78. The van der Waals surface area contributed by atoms with Crippen LogP contribution in [0.25, 0.3) is 0 Å². The Morgan fingerprint density at radius 2 is 1.34 bits per heavy atom. The molecule has 35 heavy (non-hydrogen) atoms.